The maximum atomic E-state index is 5.61. The van der Waals surface area contributed by atoms with Crippen LogP contribution in [0.3, 0.4) is 0 Å². The van der Waals surface area contributed by atoms with Crippen LogP contribution in [0.25, 0.3) is 5.65 Å². The van der Waals surface area contributed by atoms with E-state index in [1.54, 1.807) is 10.7 Å². The molecule has 0 unspecified atom stereocenters. The molecule has 0 saturated carbocycles. The first-order valence-corrected chi connectivity index (χ1v) is 6.35. The van der Waals surface area contributed by atoms with Crippen molar-refractivity contribution in [2.24, 2.45) is 11.7 Å². The quantitative estimate of drug-likeness (QED) is 0.827. The van der Waals surface area contributed by atoms with Crippen LogP contribution >= 0.6 is 0 Å². The molecule has 0 aromatic carbocycles. The Balaban J connectivity index is 1.78. The predicted molar refractivity (Wildman–Crippen MR) is 67.2 cm³/mol. The number of hydrogen-bond acceptors (Lipinski definition) is 6. The van der Waals surface area contributed by atoms with Crippen molar-refractivity contribution in [3.63, 3.8) is 0 Å². The van der Waals surface area contributed by atoms with E-state index in [9.17, 15) is 0 Å². The summed E-state index contributed by atoms with van der Waals surface area (Å²) in [7, 11) is 0. The van der Waals surface area contributed by atoms with Crippen LogP contribution in [0.2, 0.25) is 0 Å². The second-order valence-corrected chi connectivity index (χ2v) is 4.72. The number of piperidine rings is 1. The predicted octanol–water partition coefficient (Wildman–Crippen LogP) is 0.0845. The lowest BCUT2D eigenvalue weighted by Gasteiger charge is -2.32. The number of tetrazole rings is 1. The van der Waals surface area contributed by atoms with Gasteiger partial charge in [-0.3, -0.25) is 4.98 Å². The molecule has 7 nitrogen and oxygen atoms in total. The average Bonchev–Trinajstić information content (AvgIpc) is 2.88. The molecule has 2 N–H and O–H groups in total. The molecule has 3 heterocycles. The number of nitrogens with two attached hydrogens (primary N) is 1. The van der Waals surface area contributed by atoms with Crippen LogP contribution < -0.4 is 10.6 Å². The molecule has 0 radical (unpaired) electrons. The van der Waals surface area contributed by atoms with Crippen LogP contribution in [0.1, 0.15) is 19.3 Å². The highest BCUT2D eigenvalue weighted by molar-refractivity contribution is 5.46. The van der Waals surface area contributed by atoms with Crippen LogP contribution in [0.4, 0.5) is 5.82 Å². The average molecular weight is 247 g/mol. The fourth-order valence-electron chi connectivity index (χ4n) is 2.57. The smallest absolute Gasteiger partial charge is 0.199 e. The lowest BCUT2D eigenvalue weighted by molar-refractivity contribution is 0.384. The number of aromatic nitrogens is 5. The molecule has 0 bridgehead atoms. The van der Waals surface area contributed by atoms with E-state index in [1.807, 2.05) is 6.20 Å². The van der Waals surface area contributed by atoms with Crippen molar-refractivity contribution >= 4 is 11.5 Å². The molecule has 1 aliphatic rings. The highest BCUT2D eigenvalue weighted by Crippen LogP contribution is 2.24. The summed E-state index contributed by atoms with van der Waals surface area (Å²) >= 11 is 0. The van der Waals surface area contributed by atoms with Crippen molar-refractivity contribution in [3.05, 3.63) is 12.4 Å². The van der Waals surface area contributed by atoms with E-state index in [0.29, 0.717) is 5.65 Å². The van der Waals surface area contributed by atoms with Crippen LogP contribution in [-0.4, -0.2) is 44.7 Å². The number of fused-ring (bicyclic) bond motifs is 1. The Morgan fingerprint density at radius 3 is 2.89 bits per heavy atom. The minimum atomic E-state index is 0.691. The Labute approximate surface area is 105 Å². The molecule has 7 heteroatoms. The van der Waals surface area contributed by atoms with Crippen LogP contribution in [0.5, 0.6) is 0 Å². The van der Waals surface area contributed by atoms with Gasteiger partial charge >= 0.3 is 0 Å². The van der Waals surface area contributed by atoms with Gasteiger partial charge in [-0.25, -0.2) is 0 Å². The maximum Gasteiger partial charge on any atom is 0.199 e. The van der Waals surface area contributed by atoms with Gasteiger partial charge in [-0.1, -0.05) is 0 Å². The number of nitrogens with zero attached hydrogens (tertiary/aromatic N) is 6. The van der Waals surface area contributed by atoms with Crippen molar-refractivity contribution in [1.29, 1.82) is 0 Å². The minimum Gasteiger partial charge on any atom is -0.355 e. The van der Waals surface area contributed by atoms with Gasteiger partial charge in [-0.05, 0) is 42.2 Å². The fourth-order valence-corrected chi connectivity index (χ4v) is 2.57. The zero-order valence-electron chi connectivity index (χ0n) is 10.2. The topological polar surface area (TPSA) is 85.2 Å². The van der Waals surface area contributed by atoms with E-state index in [4.69, 9.17) is 5.73 Å². The van der Waals surface area contributed by atoms with Gasteiger partial charge in [-0.2, -0.15) is 4.52 Å². The Bertz CT molecular complexity index is 515. The summed E-state index contributed by atoms with van der Waals surface area (Å²) < 4.78 is 1.75. The van der Waals surface area contributed by atoms with Crippen molar-refractivity contribution in [1.82, 2.24) is 25.0 Å². The Kier molecular flexibility index (Phi) is 3.06. The van der Waals surface area contributed by atoms with Gasteiger partial charge in [0.2, 0.25) is 0 Å². The van der Waals surface area contributed by atoms with Crippen molar-refractivity contribution in [2.45, 2.75) is 19.3 Å². The summed E-state index contributed by atoms with van der Waals surface area (Å²) in [6.07, 6.45) is 6.98. The van der Waals surface area contributed by atoms with E-state index in [2.05, 4.69) is 25.4 Å². The van der Waals surface area contributed by atoms with E-state index >= 15 is 0 Å². The molecule has 18 heavy (non-hydrogen) atoms. The largest absolute Gasteiger partial charge is 0.355 e. The number of anilines is 1. The molecule has 1 saturated heterocycles. The van der Waals surface area contributed by atoms with E-state index < -0.39 is 0 Å². The van der Waals surface area contributed by atoms with Gasteiger partial charge in [0.05, 0.1) is 12.4 Å². The SMILES string of the molecule is NCCC1CCN(c2cncc3nnnn23)CC1. The number of hydrogen-bond donors (Lipinski definition) is 1. The molecule has 2 aromatic heterocycles. The van der Waals surface area contributed by atoms with E-state index in [1.165, 1.54) is 12.8 Å². The molecule has 3 rings (SSSR count). The zero-order valence-corrected chi connectivity index (χ0v) is 10.2. The van der Waals surface area contributed by atoms with E-state index in [-0.39, 0.29) is 0 Å². The summed E-state index contributed by atoms with van der Waals surface area (Å²) in [5.74, 6) is 1.73. The van der Waals surface area contributed by atoms with Gasteiger partial charge in [0.15, 0.2) is 11.5 Å². The molecular formula is C11H17N7. The normalized spacial score (nSPS) is 17.5. The van der Waals surface area contributed by atoms with Gasteiger partial charge in [0.1, 0.15) is 0 Å². The molecule has 96 valence electrons. The standard InChI is InChI=1S/C11H17N7/c12-4-1-9-2-5-17(6-3-9)11-8-13-7-10-14-15-16-18(10)11/h7-9H,1-6,12H2. The zero-order chi connectivity index (χ0) is 12.4. The summed E-state index contributed by atoms with van der Waals surface area (Å²) in [5.41, 5.74) is 6.30. The van der Waals surface area contributed by atoms with Gasteiger partial charge in [0, 0.05) is 13.1 Å². The molecular weight excluding hydrogens is 230 g/mol. The third kappa shape index (κ3) is 2.01. The summed E-state index contributed by atoms with van der Waals surface area (Å²) in [6, 6.07) is 0. The van der Waals surface area contributed by atoms with Crippen LogP contribution in [0.15, 0.2) is 12.4 Å². The molecule has 1 aliphatic heterocycles. The summed E-state index contributed by atoms with van der Waals surface area (Å²) in [4.78, 5) is 6.49. The van der Waals surface area contributed by atoms with Crippen molar-refractivity contribution < 1.29 is 0 Å². The first-order valence-electron chi connectivity index (χ1n) is 6.35. The number of rotatable bonds is 3. The second kappa shape index (κ2) is 4.85. The van der Waals surface area contributed by atoms with E-state index in [0.717, 1.165) is 37.8 Å². The highest BCUT2D eigenvalue weighted by Gasteiger charge is 2.21. The minimum absolute atomic E-state index is 0.691. The second-order valence-electron chi connectivity index (χ2n) is 4.72. The molecule has 0 aliphatic carbocycles. The molecule has 1 fully saturated rings. The summed E-state index contributed by atoms with van der Waals surface area (Å²) in [5, 5.41) is 11.6. The molecule has 2 aromatic rings. The lowest BCUT2D eigenvalue weighted by atomic mass is 9.94. The lowest BCUT2D eigenvalue weighted by Crippen LogP contribution is -2.35. The monoisotopic (exact) mass is 247 g/mol. The molecule has 0 amide bonds. The first-order chi connectivity index (χ1) is 8.88. The van der Waals surface area contributed by atoms with Crippen LogP contribution in [0, 0.1) is 5.92 Å². The molecule has 0 atom stereocenters. The highest BCUT2D eigenvalue weighted by atomic mass is 15.5. The Morgan fingerprint density at radius 1 is 1.28 bits per heavy atom. The molecule has 0 spiro atoms. The Morgan fingerprint density at radius 2 is 2.11 bits per heavy atom. The first kappa shape index (κ1) is 11.3. The van der Waals surface area contributed by atoms with Gasteiger partial charge in [0.25, 0.3) is 0 Å². The van der Waals surface area contributed by atoms with Crippen molar-refractivity contribution in [3.8, 4) is 0 Å². The third-order valence-electron chi connectivity index (χ3n) is 3.60. The van der Waals surface area contributed by atoms with Crippen LogP contribution in [-0.2, 0) is 0 Å². The van der Waals surface area contributed by atoms with Crippen molar-refractivity contribution in [2.75, 3.05) is 24.5 Å². The fraction of sp³-hybridized carbons (Fsp3) is 0.636. The maximum absolute atomic E-state index is 5.61. The summed E-state index contributed by atoms with van der Waals surface area (Å²) in [6.45, 7) is 2.82. The van der Waals surface area contributed by atoms with Gasteiger partial charge in [-0.15, -0.1) is 5.10 Å². The Hall–Kier alpha value is -1.76. The third-order valence-corrected chi connectivity index (χ3v) is 3.60. The van der Waals surface area contributed by atoms with Gasteiger partial charge < -0.3 is 10.6 Å².